The minimum absolute atomic E-state index is 0.0669. The van der Waals surface area contributed by atoms with E-state index in [-0.39, 0.29) is 11.8 Å². The highest BCUT2D eigenvalue weighted by Crippen LogP contribution is 2.09. The molecule has 0 saturated carbocycles. The Labute approximate surface area is 138 Å². The topological polar surface area (TPSA) is 58.2 Å². The third-order valence-corrected chi connectivity index (χ3v) is 4.24. The molecule has 2 aromatic rings. The second-order valence-corrected chi connectivity index (χ2v) is 6.53. The van der Waals surface area contributed by atoms with Gasteiger partial charge in [0.05, 0.1) is 6.54 Å². The molecule has 1 heterocycles. The molecule has 0 aliphatic rings. The van der Waals surface area contributed by atoms with Crippen molar-refractivity contribution in [3.63, 3.8) is 0 Å². The average Bonchev–Trinajstić information content (AvgIpc) is 3.03. The Morgan fingerprint density at radius 3 is 2.43 bits per heavy atom. The van der Waals surface area contributed by atoms with Crippen LogP contribution in [0.15, 0.2) is 41.8 Å². The van der Waals surface area contributed by atoms with Crippen LogP contribution in [0.5, 0.6) is 0 Å². The minimum atomic E-state index is -0.646. The van der Waals surface area contributed by atoms with Crippen molar-refractivity contribution in [1.29, 1.82) is 0 Å². The number of carbonyl (C=O) groups excluding carboxylic acids is 2. The lowest BCUT2D eigenvalue weighted by molar-refractivity contribution is -0.124. The molecule has 0 unspecified atom stereocenters. The molecule has 0 radical (unpaired) electrons. The van der Waals surface area contributed by atoms with Gasteiger partial charge < -0.3 is 10.6 Å². The number of thiophene rings is 1. The Morgan fingerprint density at radius 2 is 1.87 bits per heavy atom. The summed E-state index contributed by atoms with van der Waals surface area (Å²) in [7, 11) is 0. The fourth-order valence-electron chi connectivity index (χ4n) is 2.06. The van der Waals surface area contributed by atoms with E-state index < -0.39 is 17.8 Å². The average molecular weight is 334 g/mol. The predicted octanol–water partition coefficient (Wildman–Crippen LogP) is 2.96. The van der Waals surface area contributed by atoms with E-state index in [0.29, 0.717) is 12.1 Å². The molecule has 6 heteroatoms. The van der Waals surface area contributed by atoms with Crippen LogP contribution < -0.4 is 10.6 Å². The van der Waals surface area contributed by atoms with Crippen molar-refractivity contribution in [2.75, 3.05) is 0 Å². The highest BCUT2D eigenvalue weighted by molar-refractivity contribution is 7.09. The summed E-state index contributed by atoms with van der Waals surface area (Å²) < 4.78 is 12.9. The Morgan fingerprint density at radius 1 is 1.17 bits per heavy atom. The first-order chi connectivity index (χ1) is 11.0. The summed E-state index contributed by atoms with van der Waals surface area (Å²) in [5, 5.41) is 7.48. The maximum atomic E-state index is 12.9. The van der Waals surface area contributed by atoms with Crippen molar-refractivity contribution in [1.82, 2.24) is 10.6 Å². The number of amides is 2. The highest BCUT2D eigenvalue weighted by Gasteiger charge is 2.24. The van der Waals surface area contributed by atoms with Crippen molar-refractivity contribution in [3.05, 3.63) is 58.0 Å². The molecule has 0 fully saturated rings. The first kappa shape index (κ1) is 17.1. The van der Waals surface area contributed by atoms with Gasteiger partial charge in [-0.2, -0.15) is 0 Å². The van der Waals surface area contributed by atoms with Crippen LogP contribution in [0.3, 0.4) is 0 Å². The number of carbonyl (C=O) groups is 2. The Hall–Kier alpha value is -2.21. The number of nitrogens with one attached hydrogen (secondary N) is 2. The summed E-state index contributed by atoms with van der Waals surface area (Å²) in [6.45, 7) is 4.16. The molecule has 1 aromatic heterocycles. The van der Waals surface area contributed by atoms with E-state index in [1.807, 2.05) is 31.4 Å². The van der Waals surface area contributed by atoms with Gasteiger partial charge in [0.1, 0.15) is 11.9 Å². The molecule has 0 aliphatic heterocycles. The summed E-state index contributed by atoms with van der Waals surface area (Å²) in [5.41, 5.74) is 0.322. The standard InChI is InChI=1S/C17H19FN2O2S/c1-11(2)15(17(22)19-10-14-4-3-9-23-14)20-16(21)12-5-7-13(18)8-6-12/h3-9,11,15H,10H2,1-2H3,(H,19,22)(H,20,21)/t15-/m0/s1. The molecule has 0 bridgehead atoms. The van der Waals surface area contributed by atoms with Gasteiger partial charge in [0.15, 0.2) is 0 Å². The summed E-state index contributed by atoms with van der Waals surface area (Å²) in [5.74, 6) is -1.10. The van der Waals surface area contributed by atoms with E-state index in [0.717, 1.165) is 4.88 Å². The van der Waals surface area contributed by atoms with Crippen molar-refractivity contribution in [2.24, 2.45) is 5.92 Å². The quantitative estimate of drug-likeness (QED) is 0.853. The zero-order valence-corrected chi connectivity index (χ0v) is 13.8. The smallest absolute Gasteiger partial charge is 0.251 e. The molecule has 1 aromatic carbocycles. The second kappa shape index (κ2) is 7.87. The van der Waals surface area contributed by atoms with Gasteiger partial charge in [-0.3, -0.25) is 9.59 Å². The van der Waals surface area contributed by atoms with Crippen LogP contribution in [0.25, 0.3) is 0 Å². The number of rotatable bonds is 6. The summed E-state index contributed by atoms with van der Waals surface area (Å²) in [4.78, 5) is 25.6. The highest BCUT2D eigenvalue weighted by atomic mass is 32.1. The fourth-order valence-corrected chi connectivity index (χ4v) is 2.70. The molecule has 2 rings (SSSR count). The lowest BCUT2D eigenvalue weighted by atomic mass is 10.0. The van der Waals surface area contributed by atoms with Crippen molar-refractivity contribution in [2.45, 2.75) is 26.4 Å². The molecule has 0 saturated heterocycles. The minimum Gasteiger partial charge on any atom is -0.349 e. The largest absolute Gasteiger partial charge is 0.349 e. The molecular weight excluding hydrogens is 315 g/mol. The van der Waals surface area contributed by atoms with Gasteiger partial charge in [-0.15, -0.1) is 11.3 Å². The van der Waals surface area contributed by atoms with Gasteiger partial charge in [-0.05, 0) is 41.6 Å². The molecule has 0 aliphatic carbocycles. The van der Waals surface area contributed by atoms with Gasteiger partial charge in [0.2, 0.25) is 5.91 Å². The summed E-state index contributed by atoms with van der Waals surface area (Å²) in [6.07, 6.45) is 0. The molecule has 122 valence electrons. The van der Waals surface area contributed by atoms with E-state index in [2.05, 4.69) is 10.6 Å². The zero-order chi connectivity index (χ0) is 16.8. The van der Waals surface area contributed by atoms with E-state index in [4.69, 9.17) is 0 Å². The monoisotopic (exact) mass is 334 g/mol. The number of halogens is 1. The molecule has 0 spiro atoms. The Bertz CT molecular complexity index is 654. The lowest BCUT2D eigenvalue weighted by Gasteiger charge is -2.21. The molecule has 23 heavy (non-hydrogen) atoms. The van der Waals surface area contributed by atoms with Crippen molar-refractivity contribution in [3.8, 4) is 0 Å². The van der Waals surface area contributed by atoms with Crippen LogP contribution >= 0.6 is 11.3 Å². The van der Waals surface area contributed by atoms with Gasteiger partial charge >= 0.3 is 0 Å². The number of hydrogen-bond donors (Lipinski definition) is 2. The molecule has 1 atom stereocenters. The lowest BCUT2D eigenvalue weighted by Crippen LogP contribution is -2.49. The summed E-state index contributed by atoms with van der Waals surface area (Å²) >= 11 is 1.56. The number of benzene rings is 1. The molecular formula is C17H19FN2O2S. The summed E-state index contributed by atoms with van der Waals surface area (Å²) in [6, 6.07) is 8.44. The van der Waals surface area contributed by atoms with E-state index in [1.165, 1.54) is 24.3 Å². The molecule has 2 N–H and O–H groups in total. The van der Waals surface area contributed by atoms with E-state index >= 15 is 0 Å². The maximum absolute atomic E-state index is 12.9. The fraction of sp³-hybridized carbons (Fsp3) is 0.294. The first-order valence-corrected chi connectivity index (χ1v) is 8.22. The SMILES string of the molecule is CC(C)[C@H](NC(=O)c1ccc(F)cc1)C(=O)NCc1cccs1. The van der Waals surface area contributed by atoms with Crippen molar-refractivity contribution >= 4 is 23.2 Å². The Balaban J connectivity index is 1.98. The van der Waals surface area contributed by atoms with Crippen LogP contribution in [-0.4, -0.2) is 17.9 Å². The zero-order valence-electron chi connectivity index (χ0n) is 13.0. The van der Waals surface area contributed by atoms with Crippen LogP contribution in [0.4, 0.5) is 4.39 Å². The maximum Gasteiger partial charge on any atom is 0.251 e. The normalized spacial score (nSPS) is 12.0. The van der Waals surface area contributed by atoms with E-state index in [9.17, 15) is 14.0 Å². The molecule has 4 nitrogen and oxygen atoms in total. The number of hydrogen-bond acceptors (Lipinski definition) is 3. The molecule has 2 amide bonds. The second-order valence-electron chi connectivity index (χ2n) is 5.50. The first-order valence-electron chi connectivity index (χ1n) is 7.34. The van der Waals surface area contributed by atoms with Gasteiger partial charge in [0, 0.05) is 10.4 Å². The predicted molar refractivity (Wildman–Crippen MR) is 88.7 cm³/mol. The van der Waals surface area contributed by atoms with Crippen LogP contribution in [0.2, 0.25) is 0 Å². The van der Waals surface area contributed by atoms with E-state index in [1.54, 1.807) is 11.3 Å². The Kier molecular flexibility index (Phi) is 5.87. The third kappa shape index (κ3) is 4.89. The van der Waals surface area contributed by atoms with Gasteiger partial charge in [-0.1, -0.05) is 19.9 Å². The third-order valence-electron chi connectivity index (χ3n) is 3.36. The van der Waals surface area contributed by atoms with Crippen LogP contribution in [0, 0.1) is 11.7 Å². The van der Waals surface area contributed by atoms with Gasteiger partial charge in [-0.25, -0.2) is 4.39 Å². The van der Waals surface area contributed by atoms with Crippen LogP contribution in [-0.2, 0) is 11.3 Å². The van der Waals surface area contributed by atoms with Crippen LogP contribution in [0.1, 0.15) is 29.1 Å². The van der Waals surface area contributed by atoms with Crippen molar-refractivity contribution < 1.29 is 14.0 Å². The van der Waals surface area contributed by atoms with Gasteiger partial charge in [0.25, 0.3) is 5.91 Å².